The summed E-state index contributed by atoms with van der Waals surface area (Å²) in [6.07, 6.45) is 1.72. The van der Waals surface area contributed by atoms with Crippen molar-refractivity contribution in [2.24, 2.45) is 0 Å². The number of hydrogen-bond donors (Lipinski definition) is 0. The Kier molecular flexibility index (Phi) is 5.11. The molecule has 5 heteroatoms. The summed E-state index contributed by atoms with van der Waals surface area (Å²) in [4.78, 5) is 4.05. The Balaban J connectivity index is 1.51. The lowest BCUT2D eigenvalue weighted by atomic mass is 10.2. The first kappa shape index (κ1) is 15.4. The van der Waals surface area contributed by atoms with Crippen LogP contribution in [0.2, 0.25) is 0 Å². The van der Waals surface area contributed by atoms with Crippen molar-refractivity contribution in [3.8, 4) is 22.4 Å². The molecule has 0 aliphatic rings. The molecule has 0 saturated heterocycles. The molecular weight excluding hydrogens is 310 g/mol. The summed E-state index contributed by atoms with van der Waals surface area (Å²) in [7, 11) is 0. The molecule has 0 fully saturated rings. The average Bonchev–Trinajstić information content (AvgIpc) is 3.08. The number of nitrogens with zero attached hydrogens (tertiary/aromatic N) is 1. The van der Waals surface area contributed by atoms with E-state index in [9.17, 15) is 0 Å². The first-order valence-electron chi connectivity index (χ1n) is 7.29. The van der Waals surface area contributed by atoms with Crippen LogP contribution in [-0.4, -0.2) is 18.2 Å². The summed E-state index contributed by atoms with van der Waals surface area (Å²) in [6.45, 7) is 2.95. The lowest BCUT2D eigenvalue weighted by Crippen LogP contribution is -2.08. The fourth-order valence-corrected chi connectivity index (χ4v) is 2.45. The fourth-order valence-electron chi connectivity index (χ4n) is 1.94. The van der Waals surface area contributed by atoms with E-state index in [-0.39, 0.29) is 0 Å². The molecule has 3 aromatic rings. The van der Waals surface area contributed by atoms with Crippen LogP contribution in [0.5, 0.6) is 22.4 Å². The van der Waals surface area contributed by atoms with Gasteiger partial charge in [0.05, 0.1) is 0 Å². The minimum atomic E-state index is 0.452. The molecule has 118 valence electrons. The van der Waals surface area contributed by atoms with Crippen molar-refractivity contribution < 1.29 is 14.2 Å². The van der Waals surface area contributed by atoms with Gasteiger partial charge in [-0.3, -0.25) is 0 Å². The Morgan fingerprint density at radius 3 is 2.48 bits per heavy atom. The Morgan fingerprint density at radius 2 is 1.70 bits per heavy atom. The van der Waals surface area contributed by atoms with Gasteiger partial charge in [0.2, 0.25) is 0 Å². The summed E-state index contributed by atoms with van der Waals surface area (Å²) in [5.74, 6) is 2.30. The lowest BCUT2D eigenvalue weighted by Gasteiger charge is -2.09. The van der Waals surface area contributed by atoms with Crippen LogP contribution < -0.4 is 14.2 Å². The van der Waals surface area contributed by atoms with Gasteiger partial charge in [-0.2, -0.15) is 0 Å². The number of thiazole rings is 1. The van der Waals surface area contributed by atoms with Crippen molar-refractivity contribution >= 4 is 11.3 Å². The van der Waals surface area contributed by atoms with Crippen LogP contribution in [0.15, 0.2) is 60.1 Å². The lowest BCUT2D eigenvalue weighted by molar-refractivity contribution is 0.216. The van der Waals surface area contributed by atoms with E-state index in [1.165, 1.54) is 16.9 Å². The van der Waals surface area contributed by atoms with E-state index in [4.69, 9.17) is 14.2 Å². The molecule has 0 unspecified atom stereocenters. The van der Waals surface area contributed by atoms with Gasteiger partial charge >= 0.3 is 0 Å². The Hall–Kier alpha value is -2.53. The Labute approximate surface area is 139 Å². The second kappa shape index (κ2) is 7.65. The highest BCUT2D eigenvalue weighted by Crippen LogP contribution is 2.25. The highest BCUT2D eigenvalue weighted by Gasteiger charge is 2.01. The van der Waals surface area contributed by atoms with Crippen molar-refractivity contribution in [2.75, 3.05) is 13.2 Å². The van der Waals surface area contributed by atoms with Gasteiger partial charge in [0.25, 0.3) is 5.19 Å². The average molecular weight is 327 g/mol. The highest BCUT2D eigenvalue weighted by molar-refractivity contribution is 7.11. The van der Waals surface area contributed by atoms with E-state index in [0.717, 1.165) is 17.2 Å². The van der Waals surface area contributed by atoms with Gasteiger partial charge in [-0.15, -0.1) is 0 Å². The van der Waals surface area contributed by atoms with Crippen molar-refractivity contribution in [1.82, 2.24) is 4.98 Å². The number of ether oxygens (including phenoxy) is 3. The predicted molar refractivity (Wildman–Crippen MR) is 90.8 cm³/mol. The molecular formula is C18H17NO3S. The first-order valence-corrected chi connectivity index (χ1v) is 8.17. The van der Waals surface area contributed by atoms with Gasteiger partial charge in [-0.25, -0.2) is 4.98 Å². The molecule has 0 bridgehead atoms. The third-order valence-electron chi connectivity index (χ3n) is 3.05. The third-order valence-corrected chi connectivity index (χ3v) is 3.73. The maximum atomic E-state index is 5.82. The topological polar surface area (TPSA) is 40.6 Å². The maximum Gasteiger partial charge on any atom is 0.273 e. The standard InChI is InChI=1S/C18H17NO3S/c1-14-5-7-15(8-6-14)22-17-4-2-3-16(13-17)20-10-11-21-18-19-9-12-23-18/h2-9,12-13H,10-11H2,1H3. The van der Waals surface area contributed by atoms with E-state index in [1.807, 2.05) is 60.8 Å². The molecule has 0 saturated carbocycles. The van der Waals surface area contributed by atoms with Gasteiger partial charge in [0, 0.05) is 17.6 Å². The van der Waals surface area contributed by atoms with E-state index < -0.39 is 0 Å². The van der Waals surface area contributed by atoms with Crippen LogP contribution >= 0.6 is 11.3 Å². The number of aromatic nitrogens is 1. The zero-order chi connectivity index (χ0) is 15.9. The van der Waals surface area contributed by atoms with Crippen molar-refractivity contribution in [1.29, 1.82) is 0 Å². The molecule has 4 nitrogen and oxygen atoms in total. The third kappa shape index (κ3) is 4.72. The van der Waals surface area contributed by atoms with Crippen LogP contribution in [0.4, 0.5) is 0 Å². The Bertz CT molecular complexity index is 726. The van der Waals surface area contributed by atoms with Gasteiger partial charge in [-0.1, -0.05) is 35.1 Å². The molecule has 0 spiro atoms. The minimum Gasteiger partial charge on any atom is -0.490 e. The first-order chi connectivity index (χ1) is 11.3. The molecule has 0 amide bonds. The van der Waals surface area contributed by atoms with E-state index in [0.29, 0.717) is 18.4 Å². The maximum absolute atomic E-state index is 5.82. The molecule has 1 heterocycles. The van der Waals surface area contributed by atoms with Crippen molar-refractivity contribution in [2.45, 2.75) is 6.92 Å². The van der Waals surface area contributed by atoms with Crippen molar-refractivity contribution in [3.05, 3.63) is 65.7 Å². The summed E-state index contributed by atoms with van der Waals surface area (Å²) in [5.41, 5.74) is 1.20. The zero-order valence-corrected chi connectivity index (χ0v) is 13.6. The number of rotatable bonds is 7. The van der Waals surface area contributed by atoms with Crippen molar-refractivity contribution in [3.63, 3.8) is 0 Å². The molecule has 0 atom stereocenters. The quantitative estimate of drug-likeness (QED) is 0.590. The summed E-state index contributed by atoms with van der Waals surface area (Å²) in [6, 6.07) is 15.5. The number of aryl methyl sites for hydroxylation is 1. The summed E-state index contributed by atoms with van der Waals surface area (Å²) in [5, 5.41) is 2.53. The molecule has 23 heavy (non-hydrogen) atoms. The van der Waals surface area contributed by atoms with Crippen LogP contribution in [0.25, 0.3) is 0 Å². The predicted octanol–water partition coefficient (Wildman–Crippen LogP) is 4.70. The molecule has 3 rings (SSSR count). The molecule has 2 aromatic carbocycles. The Morgan fingerprint density at radius 1 is 0.913 bits per heavy atom. The zero-order valence-electron chi connectivity index (χ0n) is 12.8. The SMILES string of the molecule is Cc1ccc(Oc2cccc(OCCOc3nccs3)c2)cc1. The summed E-state index contributed by atoms with van der Waals surface area (Å²) >= 11 is 1.46. The number of benzene rings is 2. The van der Waals surface area contributed by atoms with Crippen LogP contribution in [0, 0.1) is 6.92 Å². The highest BCUT2D eigenvalue weighted by atomic mass is 32.1. The largest absolute Gasteiger partial charge is 0.490 e. The van der Waals surface area contributed by atoms with E-state index >= 15 is 0 Å². The van der Waals surface area contributed by atoms with Crippen LogP contribution in [0.3, 0.4) is 0 Å². The van der Waals surface area contributed by atoms with Gasteiger partial charge < -0.3 is 14.2 Å². The fraction of sp³-hybridized carbons (Fsp3) is 0.167. The van der Waals surface area contributed by atoms with Gasteiger partial charge in [0.1, 0.15) is 30.5 Å². The molecule has 0 aliphatic carbocycles. The second-order valence-electron chi connectivity index (χ2n) is 4.88. The molecule has 0 N–H and O–H groups in total. The monoisotopic (exact) mass is 327 g/mol. The van der Waals surface area contributed by atoms with Gasteiger partial charge in [-0.05, 0) is 31.2 Å². The van der Waals surface area contributed by atoms with Gasteiger partial charge in [0.15, 0.2) is 0 Å². The minimum absolute atomic E-state index is 0.452. The van der Waals surface area contributed by atoms with E-state index in [1.54, 1.807) is 6.20 Å². The molecule has 0 aliphatic heterocycles. The summed E-state index contributed by atoms with van der Waals surface area (Å²) < 4.78 is 16.9. The number of hydrogen-bond acceptors (Lipinski definition) is 5. The smallest absolute Gasteiger partial charge is 0.273 e. The normalized spacial score (nSPS) is 10.3. The molecule has 0 radical (unpaired) electrons. The molecule has 1 aromatic heterocycles. The van der Waals surface area contributed by atoms with E-state index in [2.05, 4.69) is 4.98 Å². The second-order valence-corrected chi connectivity index (χ2v) is 5.74. The van der Waals surface area contributed by atoms with Crippen LogP contribution in [-0.2, 0) is 0 Å². The van der Waals surface area contributed by atoms with Crippen LogP contribution in [0.1, 0.15) is 5.56 Å².